The molecule has 8 heteroatoms. The van der Waals surface area contributed by atoms with Crippen LogP contribution in [0, 0.1) is 0 Å². The van der Waals surface area contributed by atoms with Gasteiger partial charge in [0.1, 0.15) is 5.01 Å². The van der Waals surface area contributed by atoms with Gasteiger partial charge in [0, 0.05) is 43.1 Å². The summed E-state index contributed by atoms with van der Waals surface area (Å²) in [4.78, 5) is 28.8. The molecule has 0 spiro atoms. The van der Waals surface area contributed by atoms with Gasteiger partial charge < -0.3 is 0 Å². The first kappa shape index (κ1) is 14.2. The summed E-state index contributed by atoms with van der Waals surface area (Å²) in [6.45, 7) is 2.03. The molecule has 1 fully saturated rings. The monoisotopic (exact) mass is 320 g/mol. The van der Waals surface area contributed by atoms with Crippen molar-refractivity contribution in [2.45, 2.75) is 18.6 Å². The lowest BCUT2D eigenvalue weighted by atomic mass is 10.3. The summed E-state index contributed by atoms with van der Waals surface area (Å²) in [6, 6.07) is 3.70. The van der Waals surface area contributed by atoms with Gasteiger partial charge in [-0.3, -0.25) is 19.5 Å². The second kappa shape index (κ2) is 5.90. The van der Waals surface area contributed by atoms with Gasteiger partial charge in [0.15, 0.2) is 5.12 Å². The Labute approximate surface area is 129 Å². The maximum absolute atomic E-state index is 12.0. The smallest absolute Gasteiger partial charge is 0.230 e. The fraction of sp³-hybridized carbons (Fsp3) is 0.308. The molecule has 1 unspecified atom stereocenters. The van der Waals surface area contributed by atoms with Crippen molar-refractivity contribution in [3.8, 4) is 10.6 Å². The van der Waals surface area contributed by atoms with Crippen LogP contribution in [0.1, 0.15) is 13.3 Å². The zero-order valence-corrected chi connectivity index (χ0v) is 12.9. The average Bonchev–Trinajstić information content (AvgIpc) is 3.06. The maximum atomic E-state index is 12.0. The molecule has 0 saturated carbocycles. The van der Waals surface area contributed by atoms with Crippen LogP contribution in [0.25, 0.3) is 10.6 Å². The minimum absolute atomic E-state index is 0.00303. The van der Waals surface area contributed by atoms with E-state index in [4.69, 9.17) is 0 Å². The molecule has 0 radical (unpaired) electrons. The standard InChI is InChI=1S/C13H12N4O2S2/c1-8(18)20-10-6-11(19)17(7-10)13-16-15-12(21-13)9-2-4-14-5-3-9/h2-5,10H,6-7H2,1H3. The summed E-state index contributed by atoms with van der Waals surface area (Å²) in [5, 5.41) is 9.59. The molecule has 0 N–H and O–H groups in total. The Morgan fingerprint density at radius 1 is 1.38 bits per heavy atom. The molecule has 1 amide bonds. The predicted molar refractivity (Wildman–Crippen MR) is 82.2 cm³/mol. The molecule has 0 bridgehead atoms. The molecule has 2 aromatic rings. The fourth-order valence-electron chi connectivity index (χ4n) is 2.11. The van der Waals surface area contributed by atoms with Crippen molar-refractivity contribution in [2.24, 2.45) is 0 Å². The van der Waals surface area contributed by atoms with E-state index in [-0.39, 0.29) is 16.3 Å². The summed E-state index contributed by atoms with van der Waals surface area (Å²) in [5.41, 5.74) is 0.926. The number of aromatic nitrogens is 3. The third-order valence-corrected chi connectivity index (χ3v) is 4.97. The van der Waals surface area contributed by atoms with E-state index < -0.39 is 0 Å². The Kier molecular flexibility index (Phi) is 3.98. The number of pyridine rings is 1. The molecular formula is C13H12N4O2S2. The SMILES string of the molecule is CC(=O)SC1CC(=O)N(c2nnc(-c3ccncc3)s2)C1. The number of hydrogen-bond donors (Lipinski definition) is 0. The van der Waals surface area contributed by atoms with Crippen LogP contribution in [0.2, 0.25) is 0 Å². The van der Waals surface area contributed by atoms with Crippen molar-refractivity contribution in [2.75, 3.05) is 11.4 Å². The fourth-order valence-corrected chi connectivity index (χ4v) is 3.90. The van der Waals surface area contributed by atoms with Gasteiger partial charge in [-0.15, -0.1) is 10.2 Å². The van der Waals surface area contributed by atoms with Crippen LogP contribution < -0.4 is 4.90 Å². The lowest BCUT2D eigenvalue weighted by molar-refractivity contribution is -0.117. The zero-order valence-electron chi connectivity index (χ0n) is 11.2. The van der Waals surface area contributed by atoms with Crippen LogP contribution >= 0.6 is 23.1 Å². The Hall–Kier alpha value is -1.80. The molecule has 3 rings (SSSR count). The molecule has 1 atom stereocenters. The molecule has 1 saturated heterocycles. The Bertz CT molecular complexity index is 674. The first-order valence-electron chi connectivity index (χ1n) is 6.35. The summed E-state index contributed by atoms with van der Waals surface area (Å²) < 4.78 is 0. The van der Waals surface area contributed by atoms with Crippen LogP contribution in [0.15, 0.2) is 24.5 Å². The number of thioether (sulfide) groups is 1. The van der Waals surface area contributed by atoms with Crippen molar-refractivity contribution in [1.29, 1.82) is 0 Å². The highest BCUT2D eigenvalue weighted by Crippen LogP contribution is 2.33. The normalized spacial score (nSPS) is 18.2. The molecule has 1 aliphatic heterocycles. The van der Waals surface area contributed by atoms with E-state index in [0.29, 0.717) is 18.1 Å². The van der Waals surface area contributed by atoms with Crippen molar-refractivity contribution in [1.82, 2.24) is 15.2 Å². The van der Waals surface area contributed by atoms with Gasteiger partial charge in [-0.25, -0.2) is 0 Å². The molecule has 6 nitrogen and oxygen atoms in total. The quantitative estimate of drug-likeness (QED) is 0.861. The summed E-state index contributed by atoms with van der Waals surface area (Å²) in [7, 11) is 0. The second-order valence-corrected chi connectivity index (χ2v) is 7.00. The lowest BCUT2D eigenvalue weighted by Crippen LogP contribution is -2.24. The Balaban J connectivity index is 1.78. The highest BCUT2D eigenvalue weighted by Gasteiger charge is 2.33. The van der Waals surface area contributed by atoms with Crippen molar-refractivity contribution < 1.29 is 9.59 Å². The number of rotatable bonds is 3. The van der Waals surface area contributed by atoms with Gasteiger partial charge in [-0.1, -0.05) is 23.1 Å². The summed E-state index contributed by atoms with van der Waals surface area (Å²) in [6.07, 6.45) is 3.75. The van der Waals surface area contributed by atoms with E-state index >= 15 is 0 Å². The Morgan fingerprint density at radius 2 is 2.14 bits per heavy atom. The number of carbonyl (C=O) groups is 2. The highest BCUT2D eigenvalue weighted by atomic mass is 32.2. The van der Waals surface area contributed by atoms with Gasteiger partial charge >= 0.3 is 0 Å². The van der Waals surface area contributed by atoms with Gasteiger partial charge in [0.25, 0.3) is 0 Å². The molecule has 2 aromatic heterocycles. The number of amides is 1. The maximum Gasteiger partial charge on any atom is 0.230 e. The van der Waals surface area contributed by atoms with Gasteiger partial charge in [-0.05, 0) is 12.1 Å². The van der Waals surface area contributed by atoms with E-state index in [0.717, 1.165) is 10.6 Å². The van der Waals surface area contributed by atoms with Gasteiger partial charge in [0.05, 0.1) is 0 Å². The summed E-state index contributed by atoms with van der Waals surface area (Å²) >= 11 is 2.58. The third-order valence-electron chi connectivity index (χ3n) is 2.99. The molecule has 1 aliphatic rings. The molecule has 0 aromatic carbocycles. The van der Waals surface area contributed by atoms with Gasteiger partial charge in [0.2, 0.25) is 11.0 Å². The largest absolute Gasteiger partial charge is 0.288 e. The minimum atomic E-state index is -0.00817. The molecule has 3 heterocycles. The van der Waals surface area contributed by atoms with E-state index in [9.17, 15) is 9.59 Å². The van der Waals surface area contributed by atoms with Crippen LogP contribution in [0.5, 0.6) is 0 Å². The zero-order chi connectivity index (χ0) is 14.8. The van der Waals surface area contributed by atoms with Crippen molar-refractivity contribution in [3.63, 3.8) is 0 Å². The third kappa shape index (κ3) is 3.11. The first-order valence-corrected chi connectivity index (χ1v) is 8.04. The predicted octanol–water partition coefficient (Wildman–Crippen LogP) is 1.99. The average molecular weight is 320 g/mol. The van der Waals surface area contributed by atoms with Crippen LogP contribution in [0.4, 0.5) is 5.13 Å². The number of nitrogens with zero attached hydrogens (tertiary/aromatic N) is 4. The topological polar surface area (TPSA) is 76.1 Å². The molecular weight excluding hydrogens is 308 g/mol. The first-order chi connectivity index (χ1) is 10.1. The van der Waals surface area contributed by atoms with E-state index in [2.05, 4.69) is 15.2 Å². The molecule has 0 aliphatic carbocycles. The van der Waals surface area contributed by atoms with E-state index in [1.54, 1.807) is 17.3 Å². The van der Waals surface area contributed by atoms with Crippen LogP contribution in [0.3, 0.4) is 0 Å². The van der Waals surface area contributed by atoms with Gasteiger partial charge in [-0.2, -0.15) is 0 Å². The number of carbonyl (C=O) groups excluding carboxylic acids is 2. The van der Waals surface area contributed by atoms with Crippen molar-refractivity contribution >= 4 is 39.3 Å². The summed E-state index contributed by atoms with van der Waals surface area (Å²) in [5.74, 6) is -0.00817. The van der Waals surface area contributed by atoms with E-state index in [1.165, 1.54) is 30.0 Å². The molecule has 108 valence electrons. The second-order valence-electron chi connectivity index (χ2n) is 4.57. The van der Waals surface area contributed by atoms with E-state index in [1.807, 2.05) is 12.1 Å². The van der Waals surface area contributed by atoms with Crippen molar-refractivity contribution in [3.05, 3.63) is 24.5 Å². The van der Waals surface area contributed by atoms with Crippen LogP contribution in [-0.4, -0.2) is 38.0 Å². The number of hydrogen-bond acceptors (Lipinski definition) is 7. The highest BCUT2D eigenvalue weighted by molar-refractivity contribution is 8.14. The number of anilines is 1. The minimum Gasteiger partial charge on any atom is -0.288 e. The Morgan fingerprint density at radius 3 is 2.86 bits per heavy atom. The van der Waals surface area contributed by atoms with Crippen LogP contribution in [-0.2, 0) is 9.59 Å². The molecule has 21 heavy (non-hydrogen) atoms. The lowest BCUT2D eigenvalue weighted by Gasteiger charge is -2.11.